The number of carbonyl (C=O) groups excluding carboxylic acids is 1. The van der Waals surface area contributed by atoms with Crippen molar-refractivity contribution in [3.63, 3.8) is 0 Å². The fourth-order valence-corrected chi connectivity index (χ4v) is 3.66. The maximum absolute atomic E-state index is 14.9. The predicted molar refractivity (Wildman–Crippen MR) is 129 cm³/mol. The van der Waals surface area contributed by atoms with Crippen LogP contribution in [0.5, 0.6) is 5.75 Å². The summed E-state index contributed by atoms with van der Waals surface area (Å²) in [4.78, 5) is 18.2. The predicted octanol–water partition coefficient (Wildman–Crippen LogP) is 7.31. The van der Waals surface area contributed by atoms with Gasteiger partial charge >= 0.3 is 12.2 Å². The topological polar surface area (TPSA) is 55.6 Å². The minimum Gasteiger partial charge on any atom is -0.481 e. The Morgan fingerprint density at radius 2 is 1.69 bits per heavy atom. The summed E-state index contributed by atoms with van der Waals surface area (Å²) in [6, 6.07) is 16.5. The molecule has 0 spiro atoms. The van der Waals surface area contributed by atoms with E-state index in [1.54, 1.807) is 24.3 Å². The number of hydrogen-bond acceptors (Lipinski definition) is 4. The lowest BCUT2D eigenvalue weighted by Crippen LogP contribution is -2.38. The summed E-state index contributed by atoms with van der Waals surface area (Å²) < 4.78 is 66.9. The number of fused-ring (bicyclic) bond motifs is 1. The second kappa shape index (κ2) is 10.0. The van der Waals surface area contributed by atoms with E-state index in [2.05, 4.69) is 4.98 Å². The molecule has 1 amide bonds. The van der Waals surface area contributed by atoms with Crippen molar-refractivity contribution < 1.29 is 31.5 Å². The van der Waals surface area contributed by atoms with Crippen LogP contribution in [0.3, 0.4) is 0 Å². The number of ether oxygens (including phenoxy) is 1. The van der Waals surface area contributed by atoms with Crippen LogP contribution in [0.15, 0.2) is 77.2 Å². The summed E-state index contributed by atoms with van der Waals surface area (Å²) in [6.45, 7) is 1.49. The Bertz CT molecular complexity index is 1420. The van der Waals surface area contributed by atoms with Crippen molar-refractivity contribution in [1.82, 2.24) is 4.98 Å². The summed E-state index contributed by atoms with van der Waals surface area (Å²) in [5.74, 6) is -1.75. The van der Waals surface area contributed by atoms with E-state index in [1.165, 1.54) is 55.3 Å². The van der Waals surface area contributed by atoms with Crippen molar-refractivity contribution in [1.29, 1.82) is 0 Å². The second-order valence-electron chi connectivity index (χ2n) is 7.84. The SMILES string of the molecule is C[C@@H](Oc1ccc(C(F)=C(c2ccccc2)C(F)(F)F)cc1)C(=O)N(C)c1nc2cc(Cl)ccc2o1. The summed E-state index contributed by atoms with van der Waals surface area (Å²) in [5.41, 5.74) is -1.01. The Balaban J connectivity index is 1.51. The number of alkyl halides is 3. The van der Waals surface area contributed by atoms with Gasteiger partial charge in [0.2, 0.25) is 0 Å². The molecule has 0 bridgehead atoms. The molecule has 0 fully saturated rings. The number of halogens is 5. The molecule has 1 aromatic heterocycles. The van der Waals surface area contributed by atoms with E-state index in [4.69, 9.17) is 20.8 Å². The van der Waals surface area contributed by atoms with Crippen molar-refractivity contribution in [2.75, 3.05) is 11.9 Å². The van der Waals surface area contributed by atoms with Gasteiger partial charge in [-0.05, 0) is 55.0 Å². The number of allylic oxidation sites excluding steroid dienone is 1. The average molecular weight is 519 g/mol. The Morgan fingerprint density at radius 1 is 1.03 bits per heavy atom. The number of nitrogens with zero attached hydrogens (tertiary/aromatic N) is 2. The molecule has 4 rings (SSSR count). The lowest BCUT2D eigenvalue weighted by molar-refractivity contribution is -0.124. The zero-order valence-corrected chi connectivity index (χ0v) is 19.8. The highest BCUT2D eigenvalue weighted by molar-refractivity contribution is 6.31. The minimum atomic E-state index is -4.90. The van der Waals surface area contributed by atoms with Gasteiger partial charge in [0.25, 0.3) is 5.91 Å². The van der Waals surface area contributed by atoms with Crippen LogP contribution in [0.4, 0.5) is 23.6 Å². The molecule has 0 aliphatic heterocycles. The van der Waals surface area contributed by atoms with E-state index >= 15 is 0 Å². The van der Waals surface area contributed by atoms with Crippen LogP contribution in [0.2, 0.25) is 5.02 Å². The van der Waals surface area contributed by atoms with Gasteiger partial charge in [-0.2, -0.15) is 18.2 Å². The van der Waals surface area contributed by atoms with E-state index in [-0.39, 0.29) is 22.9 Å². The zero-order valence-electron chi connectivity index (χ0n) is 19.0. The Hall–Kier alpha value is -3.85. The first-order valence-electron chi connectivity index (χ1n) is 10.7. The van der Waals surface area contributed by atoms with Crippen molar-refractivity contribution in [3.05, 3.63) is 88.9 Å². The molecule has 0 saturated carbocycles. The van der Waals surface area contributed by atoms with Gasteiger partial charge in [0.05, 0.1) is 5.57 Å². The van der Waals surface area contributed by atoms with E-state index < -0.39 is 29.6 Å². The molecule has 1 atom stereocenters. The largest absolute Gasteiger partial charge is 0.481 e. The molecule has 4 aromatic rings. The Labute approximate surface area is 208 Å². The number of benzene rings is 3. The molecular formula is C26H19ClF4N2O3. The third-order valence-electron chi connectivity index (χ3n) is 5.29. The van der Waals surface area contributed by atoms with E-state index in [0.29, 0.717) is 16.1 Å². The fraction of sp³-hybridized carbons (Fsp3) is 0.154. The van der Waals surface area contributed by atoms with Crippen LogP contribution >= 0.6 is 11.6 Å². The maximum Gasteiger partial charge on any atom is 0.419 e. The Kier molecular flexibility index (Phi) is 7.03. The van der Waals surface area contributed by atoms with E-state index in [0.717, 1.165) is 12.1 Å². The molecule has 10 heteroatoms. The molecule has 0 N–H and O–H groups in total. The first kappa shape index (κ1) is 25.2. The van der Waals surface area contributed by atoms with Crippen molar-refractivity contribution >= 4 is 46.0 Å². The van der Waals surface area contributed by atoms with Crippen LogP contribution in [0, 0.1) is 0 Å². The summed E-state index contributed by atoms with van der Waals surface area (Å²) in [5, 5.41) is 0.467. The smallest absolute Gasteiger partial charge is 0.419 e. The second-order valence-corrected chi connectivity index (χ2v) is 8.28. The van der Waals surface area contributed by atoms with E-state index in [9.17, 15) is 22.4 Å². The molecule has 5 nitrogen and oxygen atoms in total. The third kappa shape index (κ3) is 5.36. The van der Waals surface area contributed by atoms with Gasteiger partial charge in [0, 0.05) is 17.6 Å². The highest BCUT2D eigenvalue weighted by Gasteiger charge is 2.38. The molecule has 186 valence electrons. The number of carbonyl (C=O) groups is 1. The molecule has 0 unspecified atom stereocenters. The monoisotopic (exact) mass is 518 g/mol. The molecule has 1 heterocycles. The highest BCUT2D eigenvalue weighted by atomic mass is 35.5. The number of aromatic nitrogens is 1. The summed E-state index contributed by atoms with van der Waals surface area (Å²) in [7, 11) is 1.46. The fourth-order valence-electron chi connectivity index (χ4n) is 3.50. The number of amides is 1. The van der Waals surface area contributed by atoms with Crippen LogP contribution in [-0.2, 0) is 4.79 Å². The van der Waals surface area contributed by atoms with Crippen LogP contribution in [-0.4, -0.2) is 30.2 Å². The van der Waals surface area contributed by atoms with Gasteiger partial charge in [-0.15, -0.1) is 0 Å². The van der Waals surface area contributed by atoms with Crippen LogP contribution < -0.4 is 9.64 Å². The maximum atomic E-state index is 14.9. The molecule has 0 aliphatic rings. The average Bonchev–Trinajstić information content (AvgIpc) is 3.26. The standard InChI is InChI=1S/C26H19ClF4N2O3/c1-15(24(34)33(2)25-32-20-14-18(27)10-13-21(20)36-25)35-19-11-8-17(9-12-19)23(28)22(26(29,30)31)16-6-4-3-5-7-16/h3-15H,1-2H3/t15-/m1/s1. The van der Waals surface area contributed by atoms with E-state index in [1.807, 2.05) is 0 Å². The van der Waals surface area contributed by atoms with Gasteiger partial charge in [0.1, 0.15) is 17.1 Å². The van der Waals surface area contributed by atoms with Gasteiger partial charge in [-0.1, -0.05) is 41.9 Å². The molecule has 0 radical (unpaired) electrons. The van der Waals surface area contributed by atoms with Gasteiger partial charge in [-0.25, -0.2) is 4.39 Å². The number of hydrogen-bond donors (Lipinski definition) is 0. The molecule has 0 saturated heterocycles. The lowest BCUT2D eigenvalue weighted by atomic mass is 10.0. The van der Waals surface area contributed by atoms with Crippen molar-refractivity contribution in [2.24, 2.45) is 0 Å². The zero-order chi connectivity index (χ0) is 26.0. The number of anilines is 1. The lowest BCUT2D eigenvalue weighted by Gasteiger charge is -2.19. The van der Waals surface area contributed by atoms with Crippen molar-refractivity contribution in [2.45, 2.75) is 19.2 Å². The summed E-state index contributed by atoms with van der Waals surface area (Å²) >= 11 is 5.95. The normalized spacial score (nSPS) is 13.3. The number of likely N-dealkylation sites (N-methyl/N-ethyl adjacent to an activating group) is 1. The highest BCUT2D eigenvalue weighted by Crippen LogP contribution is 2.40. The number of rotatable bonds is 6. The molecule has 36 heavy (non-hydrogen) atoms. The summed E-state index contributed by atoms with van der Waals surface area (Å²) in [6.07, 6.45) is -5.91. The first-order chi connectivity index (χ1) is 17.0. The van der Waals surface area contributed by atoms with Crippen LogP contribution in [0.1, 0.15) is 18.1 Å². The first-order valence-corrected chi connectivity index (χ1v) is 11.1. The van der Waals surface area contributed by atoms with Gasteiger partial charge in [0.15, 0.2) is 11.7 Å². The van der Waals surface area contributed by atoms with Gasteiger partial charge in [-0.3, -0.25) is 9.69 Å². The number of oxazole rings is 1. The Morgan fingerprint density at radius 3 is 2.33 bits per heavy atom. The van der Waals surface area contributed by atoms with Crippen molar-refractivity contribution in [3.8, 4) is 5.75 Å². The minimum absolute atomic E-state index is 0.0378. The van der Waals surface area contributed by atoms with Gasteiger partial charge < -0.3 is 9.15 Å². The van der Waals surface area contributed by atoms with Crippen LogP contribution in [0.25, 0.3) is 22.5 Å². The molecule has 0 aliphatic carbocycles. The molecular weight excluding hydrogens is 500 g/mol. The quantitative estimate of drug-likeness (QED) is 0.198. The third-order valence-corrected chi connectivity index (χ3v) is 5.52. The molecule has 3 aromatic carbocycles.